The van der Waals surface area contributed by atoms with Gasteiger partial charge in [0.15, 0.2) is 0 Å². The molecule has 154 valence electrons. The van der Waals surface area contributed by atoms with E-state index in [-0.39, 0.29) is 35.1 Å². The van der Waals surface area contributed by atoms with Crippen molar-refractivity contribution in [3.8, 4) is 28.7 Å². The van der Waals surface area contributed by atoms with Crippen molar-refractivity contribution in [2.75, 3.05) is 13.7 Å². The fourth-order valence-electron chi connectivity index (χ4n) is 3.41. The van der Waals surface area contributed by atoms with Crippen LogP contribution in [0.1, 0.15) is 25.3 Å². The number of hydrogen-bond donors (Lipinski definition) is 2. The Kier molecular flexibility index (Phi) is 5.98. The Morgan fingerprint density at radius 3 is 2.50 bits per heavy atom. The molecule has 0 radical (unpaired) electrons. The normalized spacial score (nSPS) is 16.0. The largest absolute Gasteiger partial charge is 0.508 e. The lowest BCUT2D eigenvalue weighted by atomic mass is 9.81. The first-order chi connectivity index (χ1) is 14.4. The second-order valence-electron chi connectivity index (χ2n) is 6.62. The second kappa shape index (κ2) is 8.62. The molecular formula is C23H22N2O5. The molecule has 1 unspecified atom stereocenters. The van der Waals surface area contributed by atoms with Crippen LogP contribution in [0.4, 0.5) is 0 Å². The molecule has 3 rings (SSSR count). The van der Waals surface area contributed by atoms with E-state index in [9.17, 15) is 15.2 Å². The van der Waals surface area contributed by atoms with E-state index >= 15 is 0 Å². The number of carbonyl (C=O) groups excluding carboxylic acids is 1. The minimum Gasteiger partial charge on any atom is -0.508 e. The fraction of sp³-hybridized carbons (Fsp3) is 0.217. The zero-order valence-electron chi connectivity index (χ0n) is 16.9. The number of aromatic hydroxyl groups is 1. The van der Waals surface area contributed by atoms with Gasteiger partial charge in [-0.05, 0) is 49.2 Å². The van der Waals surface area contributed by atoms with Crippen LogP contribution in [0.2, 0.25) is 0 Å². The lowest BCUT2D eigenvalue weighted by Gasteiger charge is -2.27. The molecule has 0 aliphatic carbocycles. The van der Waals surface area contributed by atoms with E-state index in [2.05, 4.69) is 0 Å². The Morgan fingerprint density at radius 1 is 1.23 bits per heavy atom. The minimum atomic E-state index is -0.916. The third-order valence-corrected chi connectivity index (χ3v) is 4.86. The summed E-state index contributed by atoms with van der Waals surface area (Å²) in [5.41, 5.74) is 8.10. The predicted octanol–water partition coefficient (Wildman–Crippen LogP) is 3.71. The summed E-state index contributed by atoms with van der Waals surface area (Å²) in [5, 5.41) is 20.3. The topological polar surface area (TPSA) is 115 Å². The highest BCUT2D eigenvalue weighted by Gasteiger charge is 2.37. The van der Waals surface area contributed by atoms with Crippen LogP contribution >= 0.6 is 0 Å². The van der Waals surface area contributed by atoms with Crippen molar-refractivity contribution >= 4 is 5.97 Å². The van der Waals surface area contributed by atoms with Gasteiger partial charge < -0.3 is 25.1 Å². The first-order valence-electron chi connectivity index (χ1n) is 9.34. The van der Waals surface area contributed by atoms with Crippen LogP contribution in [0.5, 0.6) is 11.5 Å². The summed E-state index contributed by atoms with van der Waals surface area (Å²) in [6.45, 7) is 3.41. The van der Waals surface area contributed by atoms with E-state index in [0.717, 1.165) is 11.1 Å². The Morgan fingerprint density at radius 2 is 1.90 bits per heavy atom. The quantitative estimate of drug-likeness (QED) is 0.727. The van der Waals surface area contributed by atoms with Gasteiger partial charge in [-0.15, -0.1) is 0 Å². The molecule has 30 heavy (non-hydrogen) atoms. The molecule has 1 aliphatic rings. The Bertz CT molecular complexity index is 1080. The third-order valence-electron chi connectivity index (χ3n) is 4.86. The van der Waals surface area contributed by atoms with Gasteiger partial charge in [-0.25, -0.2) is 4.79 Å². The summed E-state index contributed by atoms with van der Waals surface area (Å²) in [6.07, 6.45) is 0. The van der Waals surface area contributed by atoms with Gasteiger partial charge in [0.2, 0.25) is 5.88 Å². The number of phenolic OH excluding ortho intramolecular Hbond substituents is 1. The van der Waals surface area contributed by atoms with Gasteiger partial charge in [-0.3, -0.25) is 0 Å². The van der Waals surface area contributed by atoms with E-state index in [1.807, 2.05) is 30.3 Å². The van der Waals surface area contributed by atoms with Crippen LogP contribution in [0.25, 0.3) is 11.1 Å². The molecule has 0 fully saturated rings. The number of carbonyl (C=O) groups is 1. The number of rotatable bonds is 5. The molecule has 0 bridgehead atoms. The zero-order valence-corrected chi connectivity index (χ0v) is 16.9. The number of methoxy groups -OCH3 is 1. The van der Waals surface area contributed by atoms with Gasteiger partial charge in [0, 0.05) is 5.56 Å². The highest BCUT2D eigenvalue weighted by Crippen LogP contribution is 2.44. The van der Waals surface area contributed by atoms with Gasteiger partial charge in [0.25, 0.3) is 0 Å². The van der Waals surface area contributed by atoms with Crippen molar-refractivity contribution in [1.82, 2.24) is 0 Å². The maximum Gasteiger partial charge on any atom is 0.338 e. The van der Waals surface area contributed by atoms with Crippen LogP contribution in [0.3, 0.4) is 0 Å². The molecule has 2 aromatic carbocycles. The molecule has 0 spiro atoms. The van der Waals surface area contributed by atoms with Crippen molar-refractivity contribution in [3.63, 3.8) is 0 Å². The van der Waals surface area contributed by atoms with Crippen LogP contribution in [-0.4, -0.2) is 24.8 Å². The molecule has 1 heterocycles. The smallest absolute Gasteiger partial charge is 0.338 e. The lowest BCUT2D eigenvalue weighted by Crippen LogP contribution is -2.25. The monoisotopic (exact) mass is 406 g/mol. The van der Waals surface area contributed by atoms with Crippen molar-refractivity contribution in [3.05, 3.63) is 70.8 Å². The Labute approximate surface area is 174 Å². The van der Waals surface area contributed by atoms with Crippen LogP contribution in [-0.2, 0) is 14.3 Å². The predicted molar refractivity (Wildman–Crippen MR) is 110 cm³/mol. The summed E-state index contributed by atoms with van der Waals surface area (Å²) >= 11 is 0. The zero-order chi connectivity index (χ0) is 21.8. The molecule has 2 aromatic rings. The molecule has 1 atom stereocenters. The van der Waals surface area contributed by atoms with Crippen LogP contribution < -0.4 is 10.5 Å². The maximum absolute atomic E-state index is 12.7. The minimum absolute atomic E-state index is 0.0332. The van der Waals surface area contributed by atoms with Gasteiger partial charge in [-0.1, -0.05) is 18.2 Å². The van der Waals surface area contributed by atoms with E-state index < -0.39 is 11.9 Å². The van der Waals surface area contributed by atoms with Crippen molar-refractivity contribution in [2.24, 2.45) is 5.73 Å². The number of benzene rings is 2. The van der Waals surface area contributed by atoms with Gasteiger partial charge >= 0.3 is 5.97 Å². The number of nitrogens with zero attached hydrogens (tertiary/aromatic N) is 1. The first kappa shape index (κ1) is 20.8. The maximum atomic E-state index is 12.7. The van der Waals surface area contributed by atoms with E-state index in [1.54, 1.807) is 33.1 Å². The molecule has 3 N–H and O–H groups in total. The summed E-state index contributed by atoms with van der Waals surface area (Å²) in [6, 6.07) is 14.4. The molecule has 0 amide bonds. The highest BCUT2D eigenvalue weighted by molar-refractivity contribution is 5.93. The number of phenols is 1. The van der Waals surface area contributed by atoms with Gasteiger partial charge in [0.1, 0.15) is 28.9 Å². The standard InChI is InChI=1S/C23H22N2O5/c1-4-29-23(27)20-13(2)30-22(25)18(12-24)21(20)17-11-15(7-10-19(17)26)14-5-8-16(28-3)9-6-14/h5-11,21,26H,4,25H2,1-3H3. The highest BCUT2D eigenvalue weighted by atomic mass is 16.5. The average Bonchev–Trinajstić information content (AvgIpc) is 2.74. The molecule has 7 nitrogen and oxygen atoms in total. The van der Waals surface area contributed by atoms with Gasteiger partial charge in [-0.2, -0.15) is 5.26 Å². The number of allylic oxidation sites excluding steroid dienone is 2. The number of nitriles is 1. The summed E-state index contributed by atoms with van der Waals surface area (Å²) < 4.78 is 15.8. The number of esters is 1. The second-order valence-corrected chi connectivity index (χ2v) is 6.62. The molecule has 0 saturated carbocycles. The van der Waals surface area contributed by atoms with Gasteiger partial charge in [0.05, 0.1) is 25.2 Å². The third kappa shape index (κ3) is 3.80. The SMILES string of the molecule is CCOC(=O)C1=C(C)OC(N)=C(C#N)C1c1cc(-c2ccc(OC)cc2)ccc1O. The average molecular weight is 406 g/mol. The molecule has 0 aromatic heterocycles. The molecule has 1 aliphatic heterocycles. The molecule has 7 heteroatoms. The number of nitrogens with two attached hydrogens (primary N) is 1. The van der Waals surface area contributed by atoms with Crippen molar-refractivity contribution < 1.29 is 24.1 Å². The summed E-state index contributed by atoms with van der Waals surface area (Å²) in [7, 11) is 1.59. The van der Waals surface area contributed by atoms with Crippen LogP contribution in [0.15, 0.2) is 65.3 Å². The van der Waals surface area contributed by atoms with E-state index in [0.29, 0.717) is 11.3 Å². The van der Waals surface area contributed by atoms with Crippen LogP contribution in [0, 0.1) is 11.3 Å². The summed E-state index contributed by atoms with van der Waals surface area (Å²) in [5.74, 6) is -0.788. The lowest BCUT2D eigenvalue weighted by molar-refractivity contribution is -0.139. The number of hydrogen-bond acceptors (Lipinski definition) is 7. The molecular weight excluding hydrogens is 384 g/mol. The molecule has 0 saturated heterocycles. The van der Waals surface area contributed by atoms with Crippen molar-refractivity contribution in [1.29, 1.82) is 5.26 Å². The van der Waals surface area contributed by atoms with Crippen molar-refractivity contribution in [2.45, 2.75) is 19.8 Å². The Balaban J connectivity index is 2.17. The fourth-order valence-corrected chi connectivity index (χ4v) is 3.41. The summed E-state index contributed by atoms with van der Waals surface area (Å²) in [4.78, 5) is 12.7. The van der Waals surface area contributed by atoms with E-state index in [1.165, 1.54) is 6.07 Å². The van der Waals surface area contributed by atoms with E-state index in [4.69, 9.17) is 19.9 Å². The number of ether oxygens (including phenoxy) is 3. The first-order valence-corrected chi connectivity index (χ1v) is 9.34. The Hall–Kier alpha value is -3.92.